The number of aryl methyl sites for hydroxylation is 1. The molecule has 0 aliphatic carbocycles. The van der Waals surface area contributed by atoms with Gasteiger partial charge in [0.05, 0.1) is 19.2 Å². The highest BCUT2D eigenvalue weighted by molar-refractivity contribution is 6.30. The third kappa shape index (κ3) is 4.63. The Hall–Kier alpha value is -2.27. The lowest BCUT2D eigenvalue weighted by Crippen LogP contribution is -2.13. The van der Waals surface area contributed by atoms with Gasteiger partial charge in [-0.05, 0) is 36.2 Å². The molecule has 0 saturated heterocycles. The van der Waals surface area contributed by atoms with Gasteiger partial charge in [-0.1, -0.05) is 11.6 Å². The largest absolute Gasteiger partial charge is 0.497 e. The Kier molecular flexibility index (Phi) is 5.61. The minimum Gasteiger partial charge on any atom is -0.497 e. The molecule has 116 valence electrons. The first-order valence-electron chi connectivity index (χ1n) is 6.74. The molecule has 0 fully saturated rings. The maximum atomic E-state index is 11.9. The fraction of sp³-hybridized carbons (Fsp3) is 0.250. The molecular weight excluding hydrogens is 304 g/mol. The number of halogens is 1. The lowest BCUT2D eigenvalue weighted by atomic mass is 10.1. The van der Waals surface area contributed by atoms with Crippen LogP contribution in [-0.2, 0) is 11.2 Å². The van der Waals surface area contributed by atoms with E-state index in [1.807, 2.05) is 12.1 Å². The number of aromatic nitrogens is 1. The van der Waals surface area contributed by atoms with Gasteiger partial charge in [0.25, 0.3) is 0 Å². The van der Waals surface area contributed by atoms with Crippen molar-refractivity contribution in [3.05, 3.63) is 47.1 Å². The molecule has 0 aliphatic heterocycles. The summed E-state index contributed by atoms with van der Waals surface area (Å²) in [6, 6.07) is 8.90. The van der Waals surface area contributed by atoms with Crippen LogP contribution < -0.4 is 14.8 Å². The van der Waals surface area contributed by atoms with Crippen molar-refractivity contribution in [1.82, 2.24) is 4.98 Å². The van der Waals surface area contributed by atoms with E-state index in [1.165, 1.54) is 6.20 Å². The van der Waals surface area contributed by atoms with Gasteiger partial charge >= 0.3 is 0 Å². The monoisotopic (exact) mass is 320 g/mol. The van der Waals surface area contributed by atoms with Gasteiger partial charge in [0, 0.05) is 18.7 Å². The molecule has 0 saturated carbocycles. The molecule has 0 aliphatic rings. The lowest BCUT2D eigenvalue weighted by molar-refractivity contribution is -0.116. The fourth-order valence-corrected chi connectivity index (χ4v) is 2.04. The molecule has 6 heteroatoms. The number of nitrogens with one attached hydrogen (secondary N) is 1. The maximum absolute atomic E-state index is 11.9. The van der Waals surface area contributed by atoms with Crippen molar-refractivity contribution in [2.75, 3.05) is 19.5 Å². The van der Waals surface area contributed by atoms with E-state index in [4.69, 9.17) is 21.1 Å². The van der Waals surface area contributed by atoms with Gasteiger partial charge < -0.3 is 14.8 Å². The summed E-state index contributed by atoms with van der Waals surface area (Å²) < 4.78 is 10.4. The van der Waals surface area contributed by atoms with E-state index in [0.717, 1.165) is 5.56 Å². The topological polar surface area (TPSA) is 60.5 Å². The number of ether oxygens (including phenoxy) is 2. The van der Waals surface area contributed by atoms with Crippen LogP contribution in [0.15, 0.2) is 36.5 Å². The molecule has 2 aromatic rings. The molecule has 2 rings (SSSR count). The number of carbonyl (C=O) groups is 1. The van der Waals surface area contributed by atoms with E-state index >= 15 is 0 Å². The van der Waals surface area contributed by atoms with Gasteiger partial charge in [0.2, 0.25) is 5.91 Å². The van der Waals surface area contributed by atoms with Crippen LogP contribution in [0.5, 0.6) is 11.5 Å². The van der Waals surface area contributed by atoms with E-state index in [9.17, 15) is 4.79 Å². The molecule has 0 radical (unpaired) electrons. The van der Waals surface area contributed by atoms with Crippen LogP contribution in [0.2, 0.25) is 5.02 Å². The Morgan fingerprint density at radius 2 is 1.86 bits per heavy atom. The van der Waals surface area contributed by atoms with Gasteiger partial charge in [0.15, 0.2) is 0 Å². The Balaban J connectivity index is 1.94. The second-order valence-corrected chi connectivity index (χ2v) is 5.07. The third-order valence-corrected chi connectivity index (χ3v) is 3.27. The summed E-state index contributed by atoms with van der Waals surface area (Å²) in [5.41, 5.74) is 0.968. The first kappa shape index (κ1) is 16.1. The van der Waals surface area contributed by atoms with Crippen molar-refractivity contribution >= 4 is 23.3 Å². The second kappa shape index (κ2) is 7.66. The average molecular weight is 321 g/mol. The van der Waals surface area contributed by atoms with Crippen LogP contribution in [-0.4, -0.2) is 25.1 Å². The highest BCUT2D eigenvalue weighted by atomic mass is 35.5. The summed E-state index contributed by atoms with van der Waals surface area (Å²) in [7, 11) is 3.19. The highest BCUT2D eigenvalue weighted by Gasteiger charge is 2.07. The number of amides is 1. The number of hydrogen-bond donors (Lipinski definition) is 1. The third-order valence-electron chi connectivity index (χ3n) is 3.05. The fourth-order valence-electron chi connectivity index (χ4n) is 1.92. The number of methoxy groups -OCH3 is 2. The molecule has 5 nitrogen and oxygen atoms in total. The van der Waals surface area contributed by atoms with Crippen LogP contribution in [0.3, 0.4) is 0 Å². The molecule has 22 heavy (non-hydrogen) atoms. The number of pyridine rings is 1. The standard InChI is InChI=1S/C16H17ClN2O3/c1-21-13-7-11(8-14(9-13)22-2)3-6-16(20)19-15-5-4-12(17)10-18-15/h4-5,7-10H,3,6H2,1-2H3,(H,18,19,20). The minimum absolute atomic E-state index is 0.114. The van der Waals surface area contributed by atoms with E-state index in [0.29, 0.717) is 35.2 Å². The quantitative estimate of drug-likeness (QED) is 0.887. The second-order valence-electron chi connectivity index (χ2n) is 4.63. The van der Waals surface area contributed by atoms with E-state index in [2.05, 4.69) is 10.3 Å². The van der Waals surface area contributed by atoms with Crippen molar-refractivity contribution < 1.29 is 14.3 Å². The van der Waals surface area contributed by atoms with Gasteiger partial charge in [-0.3, -0.25) is 4.79 Å². The molecule has 1 aromatic heterocycles. The van der Waals surface area contributed by atoms with Gasteiger partial charge in [-0.2, -0.15) is 0 Å². The molecule has 1 heterocycles. The van der Waals surface area contributed by atoms with Crippen molar-refractivity contribution in [1.29, 1.82) is 0 Å². The summed E-state index contributed by atoms with van der Waals surface area (Å²) in [4.78, 5) is 16.0. The number of rotatable bonds is 6. The Morgan fingerprint density at radius 1 is 1.18 bits per heavy atom. The molecular formula is C16H17ClN2O3. The smallest absolute Gasteiger partial charge is 0.225 e. The number of carbonyl (C=O) groups excluding carboxylic acids is 1. The zero-order chi connectivity index (χ0) is 15.9. The first-order chi connectivity index (χ1) is 10.6. The molecule has 0 unspecified atom stereocenters. The molecule has 0 spiro atoms. The van der Waals surface area contributed by atoms with E-state index < -0.39 is 0 Å². The molecule has 1 amide bonds. The van der Waals surface area contributed by atoms with Crippen molar-refractivity contribution in [3.63, 3.8) is 0 Å². The normalized spacial score (nSPS) is 10.1. The van der Waals surface area contributed by atoms with Crippen molar-refractivity contribution in [2.24, 2.45) is 0 Å². The van der Waals surface area contributed by atoms with Crippen LogP contribution >= 0.6 is 11.6 Å². The Bertz CT molecular complexity index is 622. The van der Waals surface area contributed by atoms with Crippen molar-refractivity contribution in [3.8, 4) is 11.5 Å². The summed E-state index contributed by atoms with van der Waals surface area (Å²) in [6.07, 6.45) is 2.40. The predicted molar refractivity (Wildman–Crippen MR) is 85.7 cm³/mol. The number of benzene rings is 1. The number of anilines is 1. The Morgan fingerprint density at radius 3 is 2.41 bits per heavy atom. The van der Waals surface area contributed by atoms with Crippen LogP contribution in [0.25, 0.3) is 0 Å². The maximum Gasteiger partial charge on any atom is 0.225 e. The summed E-state index contributed by atoms with van der Waals surface area (Å²) >= 11 is 5.75. The van der Waals surface area contributed by atoms with Crippen molar-refractivity contribution in [2.45, 2.75) is 12.8 Å². The molecule has 1 N–H and O–H groups in total. The van der Waals surface area contributed by atoms with Gasteiger partial charge in [-0.15, -0.1) is 0 Å². The zero-order valence-electron chi connectivity index (χ0n) is 12.4. The van der Waals surface area contributed by atoms with Crippen LogP contribution in [0.1, 0.15) is 12.0 Å². The Labute approximate surface area is 134 Å². The van der Waals surface area contributed by atoms with Crippen LogP contribution in [0, 0.1) is 0 Å². The predicted octanol–water partition coefficient (Wildman–Crippen LogP) is 3.32. The van der Waals surface area contributed by atoms with Crippen LogP contribution in [0.4, 0.5) is 5.82 Å². The van der Waals surface area contributed by atoms with E-state index in [1.54, 1.807) is 32.4 Å². The molecule has 0 atom stereocenters. The van der Waals surface area contributed by atoms with E-state index in [-0.39, 0.29) is 5.91 Å². The summed E-state index contributed by atoms with van der Waals surface area (Å²) in [5.74, 6) is 1.78. The van der Waals surface area contributed by atoms with Gasteiger partial charge in [0.1, 0.15) is 17.3 Å². The zero-order valence-corrected chi connectivity index (χ0v) is 13.2. The first-order valence-corrected chi connectivity index (χ1v) is 7.12. The average Bonchev–Trinajstić information content (AvgIpc) is 2.54. The minimum atomic E-state index is -0.114. The van der Waals surface area contributed by atoms with Gasteiger partial charge in [-0.25, -0.2) is 4.98 Å². The highest BCUT2D eigenvalue weighted by Crippen LogP contribution is 2.23. The molecule has 1 aromatic carbocycles. The number of nitrogens with zero attached hydrogens (tertiary/aromatic N) is 1. The number of hydrogen-bond acceptors (Lipinski definition) is 4. The molecule has 0 bridgehead atoms. The summed E-state index contributed by atoms with van der Waals surface area (Å²) in [5, 5.41) is 3.25. The lowest BCUT2D eigenvalue weighted by Gasteiger charge is -2.08. The summed E-state index contributed by atoms with van der Waals surface area (Å²) in [6.45, 7) is 0. The SMILES string of the molecule is COc1cc(CCC(=O)Nc2ccc(Cl)cn2)cc(OC)c1.